The molecule has 0 aliphatic carbocycles. The van der Waals surface area contributed by atoms with Gasteiger partial charge in [0.15, 0.2) is 5.60 Å². The van der Waals surface area contributed by atoms with Crippen molar-refractivity contribution in [1.29, 1.82) is 0 Å². The molecular formula is C5H11NO3. The van der Waals surface area contributed by atoms with Gasteiger partial charge in [-0.25, -0.2) is 0 Å². The lowest BCUT2D eigenvalue weighted by Crippen LogP contribution is -2.45. The van der Waals surface area contributed by atoms with Gasteiger partial charge in [-0.3, -0.25) is 4.79 Å². The van der Waals surface area contributed by atoms with E-state index in [2.05, 4.69) is 5.32 Å². The molecule has 4 heteroatoms. The molecule has 0 bridgehead atoms. The van der Waals surface area contributed by atoms with Crippen molar-refractivity contribution < 1.29 is 15.0 Å². The van der Waals surface area contributed by atoms with Gasteiger partial charge < -0.3 is 15.5 Å². The second-order valence-corrected chi connectivity index (χ2v) is 2.01. The Labute approximate surface area is 53.5 Å². The second-order valence-electron chi connectivity index (χ2n) is 2.01. The van der Waals surface area contributed by atoms with Crippen LogP contribution in [0.1, 0.15) is 6.92 Å². The molecular weight excluding hydrogens is 122 g/mol. The molecule has 1 unspecified atom stereocenters. The highest BCUT2D eigenvalue weighted by Gasteiger charge is 2.27. The second kappa shape index (κ2) is 2.80. The number of hydrogen-bond acceptors (Lipinski definition) is 3. The Kier molecular flexibility index (Phi) is 2.61. The summed E-state index contributed by atoms with van der Waals surface area (Å²) >= 11 is 0. The van der Waals surface area contributed by atoms with Crippen molar-refractivity contribution in [1.82, 2.24) is 5.32 Å². The molecule has 0 saturated carbocycles. The molecule has 1 atom stereocenters. The van der Waals surface area contributed by atoms with E-state index >= 15 is 0 Å². The molecule has 0 aromatic heterocycles. The van der Waals surface area contributed by atoms with Gasteiger partial charge >= 0.3 is 0 Å². The Balaban J connectivity index is 3.97. The van der Waals surface area contributed by atoms with Gasteiger partial charge in [0.2, 0.25) is 0 Å². The summed E-state index contributed by atoms with van der Waals surface area (Å²) in [7, 11) is 1.40. The van der Waals surface area contributed by atoms with Crippen molar-refractivity contribution >= 4 is 5.91 Å². The molecule has 0 saturated heterocycles. The molecule has 54 valence electrons. The van der Waals surface area contributed by atoms with Crippen molar-refractivity contribution in [3.05, 3.63) is 0 Å². The number of aliphatic hydroxyl groups excluding tert-OH is 1. The Morgan fingerprint density at radius 1 is 1.78 bits per heavy atom. The SMILES string of the molecule is CNC(=O)C(C)(O)CO. The molecule has 4 nitrogen and oxygen atoms in total. The number of carbonyl (C=O) groups is 1. The van der Waals surface area contributed by atoms with Gasteiger partial charge in [-0.1, -0.05) is 0 Å². The maximum Gasteiger partial charge on any atom is 0.253 e. The van der Waals surface area contributed by atoms with E-state index in [1.807, 2.05) is 0 Å². The molecule has 0 aliphatic rings. The van der Waals surface area contributed by atoms with Gasteiger partial charge in [0.05, 0.1) is 6.61 Å². The molecule has 0 spiro atoms. The van der Waals surface area contributed by atoms with Crippen LogP contribution in [0.3, 0.4) is 0 Å². The fourth-order valence-corrected chi connectivity index (χ4v) is 0.341. The van der Waals surface area contributed by atoms with E-state index in [9.17, 15) is 4.79 Å². The smallest absolute Gasteiger partial charge is 0.253 e. The van der Waals surface area contributed by atoms with Crippen LogP contribution in [-0.4, -0.2) is 35.4 Å². The molecule has 1 amide bonds. The summed E-state index contributed by atoms with van der Waals surface area (Å²) in [5, 5.41) is 19.5. The summed E-state index contributed by atoms with van der Waals surface area (Å²) in [4.78, 5) is 10.5. The van der Waals surface area contributed by atoms with Crippen LogP contribution in [0.5, 0.6) is 0 Å². The molecule has 0 heterocycles. The number of aliphatic hydroxyl groups is 2. The van der Waals surface area contributed by atoms with Gasteiger partial charge in [0, 0.05) is 7.05 Å². The zero-order valence-corrected chi connectivity index (χ0v) is 5.51. The predicted octanol–water partition coefficient (Wildman–Crippen LogP) is -1.52. The first-order valence-corrected chi connectivity index (χ1v) is 2.60. The van der Waals surface area contributed by atoms with E-state index in [0.717, 1.165) is 0 Å². The van der Waals surface area contributed by atoms with E-state index in [1.165, 1.54) is 14.0 Å². The average molecular weight is 133 g/mol. The lowest BCUT2D eigenvalue weighted by atomic mass is 10.1. The first-order valence-electron chi connectivity index (χ1n) is 2.60. The highest BCUT2D eigenvalue weighted by Crippen LogP contribution is 1.99. The van der Waals surface area contributed by atoms with Gasteiger partial charge in [-0.05, 0) is 6.92 Å². The molecule has 9 heavy (non-hydrogen) atoms. The predicted molar refractivity (Wildman–Crippen MR) is 31.8 cm³/mol. The van der Waals surface area contributed by atoms with Crippen molar-refractivity contribution in [3.8, 4) is 0 Å². The summed E-state index contributed by atoms with van der Waals surface area (Å²) in [6.07, 6.45) is 0. The largest absolute Gasteiger partial charge is 0.393 e. The van der Waals surface area contributed by atoms with Crippen molar-refractivity contribution in [2.75, 3.05) is 13.7 Å². The first-order chi connectivity index (χ1) is 4.04. The summed E-state index contributed by atoms with van der Waals surface area (Å²) in [6, 6.07) is 0. The van der Waals surface area contributed by atoms with Gasteiger partial charge in [0.1, 0.15) is 0 Å². The zero-order chi connectivity index (χ0) is 7.49. The third-order valence-corrected chi connectivity index (χ3v) is 1.02. The minimum Gasteiger partial charge on any atom is -0.393 e. The third-order valence-electron chi connectivity index (χ3n) is 1.02. The van der Waals surface area contributed by atoms with Crippen LogP contribution in [0.2, 0.25) is 0 Å². The maximum absolute atomic E-state index is 10.5. The summed E-state index contributed by atoms with van der Waals surface area (Å²) in [5.41, 5.74) is -1.64. The van der Waals surface area contributed by atoms with Crippen LogP contribution >= 0.6 is 0 Å². The van der Waals surface area contributed by atoms with Crippen molar-refractivity contribution in [2.45, 2.75) is 12.5 Å². The topological polar surface area (TPSA) is 69.6 Å². The van der Waals surface area contributed by atoms with Crippen LogP contribution in [0.25, 0.3) is 0 Å². The van der Waals surface area contributed by atoms with E-state index in [1.54, 1.807) is 0 Å². The first kappa shape index (κ1) is 8.39. The number of rotatable bonds is 2. The maximum atomic E-state index is 10.5. The number of likely N-dealkylation sites (N-methyl/N-ethyl adjacent to an activating group) is 1. The Bertz CT molecular complexity index is 111. The molecule has 0 fully saturated rings. The highest BCUT2D eigenvalue weighted by atomic mass is 16.3. The van der Waals surface area contributed by atoms with Crippen LogP contribution in [0.15, 0.2) is 0 Å². The fraction of sp³-hybridized carbons (Fsp3) is 0.800. The van der Waals surface area contributed by atoms with Crippen molar-refractivity contribution in [3.63, 3.8) is 0 Å². The van der Waals surface area contributed by atoms with E-state index in [-0.39, 0.29) is 0 Å². The van der Waals surface area contributed by atoms with Crippen LogP contribution < -0.4 is 5.32 Å². The minimum absolute atomic E-state index is 0.563. The van der Waals surface area contributed by atoms with Crippen LogP contribution in [-0.2, 0) is 4.79 Å². The zero-order valence-electron chi connectivity index (χ0n) is 5.51. The van der Waals surface area contributed by atoms with Gasteiger partial charge in [-0.15, -0.1) is 0 Å². The van der Waals surface area contributed by atoms with Gasteiger partial charge in [0.25, 0.3) is 5.91 Å². The summed E-state index contributed by atoms with van der Waals surface area (Å²) in [6.45, 7) is 0.679. The molecule has 0 aromatic rings. The van der Waals surface area contributed by atoms with E-state index in [0.29, 0.717) is 0 Å². The van der Waals surface area contributed by atoms with Crippen LogP contribution in [0, 0.1) is 0 Å². The van der Waals surface area contributed by atoms with E-state index < -0.39 is 18.1 Å². The Morgan fingerprint density at radius 2 is 2.22 bits per heavy atom. The standard InChI is InChI=1S/C5H11NO3/c1-5(9,3-7)4(8)6-2/h7,9H,3H2,1-2H3,(H,6,8). The highest BCUT2D eigenvalue weighted by molar-refractivity contribution is 5.84. The van der Waals surface area contributed by atoms with E-state index in [4.69, 9.17) is 10.2 Å². The lowest BCUT2D eigenvalue weighted by molar-refractivity contribution is -0.141. The number of nitrogens with one attached hydrogen (secondary N) is 1. The Morgan fingerprint density at radius 3 is 2.33 bits per heavy atom. The number of carbonyl (C=O) groups excluding carboxylic acids is 1. The lowest BCUT2D eigenvalue weighted by Gasteiger charge is -2.16. The monoisotopic (exact) mass is 133 g/mol. The quantitative estimate of drug-likeness (QED) is 0.428. The molecule has 0 rings (SSSR count). The molecule has 0 radical (unpaired) electrons. The summed E-state index contributed by atoms with van der Waals surface area (Å²) < 4.78 is 0. The fourth-order valence-electron chi connectivity index (χ4n) is 0.341. The van der Waals surface area contributed by atoms with Gasteiger partial charge in [-0.2, -0.15) is 0 Å². The number of hydrogen-bond donors (Lipinski definition) is 3. The number of amides is 1. The minimum atomic E-state index is -1.64. The van der Waals surface area contributed by atoms with Crippen LogP contribution in [0.4, 0.5) is 0 Å². The Hall–Kier alpha value is -0.610. The molecule has 0 aromatic carbocycles. The third kappa shape index (κ3) is 1.99. The summed E-state index contributed by atoms with van der Waals surface area (Å²) in [5.74, 6) is -0.579. The molecule has 0 aliphatic heterocycles. The average Bonchev–Trinajstić information content (AvgIpc) is 1.86. The molecule has 3 N–H and O–H groups in total. The normalized spacial score (nSPS) is 16.4. The van der Waals surface area contributed by atoms with Crippen molar-refractivity contribution in [2.24, 2.45) is 0 Å².